The highest BCUT2D eigenvalue weighted by atomic mass is 16.5. The van der Waals surface area contributed by atoms with Crippen molar-refractivity contribution in [2.75, 3.05) is 26.3 Å². The van der Waals surface area contributed by atoms with Gasteiger partial charge < -0.3 is 14.5 Å². The number of nitrogens with one attached hydrogen (secondary N) is 1. The van der Waals surface area contributed by atoms with Crippen LogP contribution in [-0.4, -0.2) is 51.7 Å². The van der Waals surface area contributed by atoms with Gasteiger partial charge in [0.1, 0.15) is 23.2 Å². The number of nitriles is 1. The Morgan fingerprint density at radius 2 is 2.00 bits per heavy atom. The quantitative estimate of drug-likeness (QED) is 0.698. The molecule has 1 aromatic carbocycles. The van der Waals surface area contributed by atoms with Gasteiger partial charge in [-0.1, -0.05) is 0 Å². The maximum Gasteiger partial charge on any atom is 0.274 e. The van der Waals surface area contributed by atoms with Crippen LogP contribution in [0.3, 0.4) is 0 Å². The molecule has 2 saturated heterocycles. The predicted octanol–water partition coefficient (Wildman–Crippen LogP) is 2.05. The SMILES string of the molecule is N#Cc1ccc(OC2CN(Cc3cn4c(C5CCOCC5)ncc4c(=O)[nH]3)C2)cc1. The van der Waals surface area contributed by atoms with Gasteiger partial charge in [0.05, 0.1) is 17.8 Å². The summed E-state index contributed by atoms with van der Waals surface area (Å²) in [4.78, 5) is 22.3. The Kier molecular flexibility index (Phi) is 4.99. The Bertz CT molecular complexity index is 1130. The van der Waals surface area contributed by atoms with Gasteiger partial charge in [0.15, 0.2) is 0 Å². The number of hydrogen-bond donors (Lipinski definition) is 1. The average molecular weight is 405 g/mol. The van der Waals surface area contributed by atoms with Crippen molar-refractivity contribution in [3.05, 3.63) is 64.1 Å². The molecule has 5 rings (SSSR count). The fourth-order valence-corrected chi connectivity index (χ4v) is 4.18. The first kappa shape index (κ1) is 18.9. The van der Waals surface area contributed by atoms with Crippen LogP contribution in [0.25, 0.3) is 5.52 Å². The van der Waals surface area contributed by atoms with E-state index in [1.165, 1.54) is 0 Å². The summed E-state index contributed by atoms with van der Waals surface area (Å²) < 4.78 is 13.4. The van der Waals surface area contributed by atoms with E-state index in [1.807, 2.05) is 22.7 Å². The van der Waals surface area contributed by atoms with Gasteiger partial charge in [-0.05, 0) is 37.1 Å². The fraction of sp³-hybridized carbons (Fsp3) is 0.409. The van der Waals surface area contributed by atoms with Gasteiger partial charge in [-0.15, -0.1) is 0 Å². The summed E-state index contributed by atoms with van der Waals surface area (Å²) in [6.45, 7) is 3.71. The van der Waals surface area contributed by atoms with E-state index in [0.717, 1.165) is 56.4 Å². The van der Waals surface area contributed by atoms with Crippen molar-refractivity contribution in [2.45, 2.75) is 31.4 Å². The van der Waals surface area contributed by atoms with Crippen LogP contribution in [0.5, 0.6) is 5.75 Å². The molecule has 0 amide bonds. The van der Waals surface area contributed by atoms with Gasteiger partial charge in [0, 0.05) is 50.7 Å². The van der Waals surface area contributed by atoms with Gasteiger partial charge in [-0.25, -0.2) is 4.98 Å². The zero-order chi connectivity index (χ0) is 20.5. The van der Waals surface area contributed by atoms with Gasteiger partial charge in [0.2, 0.25) is 0 Å². The minimum atomic E-state index is -0.107. The van der Waals surface area contributed by atoms with E-state index in [1.54, 1.807) is 18.3 Å². The molecule has 0 bridgehead atoms. The lowest BCUT2D eigenvalue weighted by Gasteiger charge is -2.38. The lowest BCUT2D eigenvalue weighted by Crippen LogP contribution is -2.53. The normalized spacial score (nSPS) is 18.2. The highest BCUT2D eigenvalue weighted by Gasteiger charge is 2.29. The maximum absolute atomic E-state index is 12.5. The largest absolute Gasteiger partial charge is 0.488 e. The number of rotatable bonds is 5. The zero-order valence-corrected chi connectivity index (χ0v) is 16.6. The summed E-state index contributed by atoms with van der Waals surface area (Å²) in [5, 5.41) is 8.87. The zero-order valence-electron chi connectivity index (χ0n) is 16.6. The Labute approximate surface area is 173 Å². The number of likely N-dealkylation sites (tertiary alicyclic amines) is 1. The molecule has 2 aliphatic heterocycles. The van der Waals surface area contributed by atoms with Crippen LogP contribution in [0, 0.1) is 11.3 Å². The minimum Gasteiger partial charge on any atom is -0.488 e. The molecule has 30 heavy (non-hydrogen) atoms. The van der Waals surface area contributed by atoms with E-state index in [9.17, 15) is 4.79 Å². The molecule has 0 unspecified atom stereocenters. The molecule has 8 heteroatoms. The highest BCUT2D eigenvalue weighted by Crippen LogP contribution is 2.26. The Morgan fingerprint density at radius 3 is 2.73 bits per heavy atom. The van der Waals surface area contributed by atoms with Gasteiger partial charge >= 0.3 is 0 Å². The molecule has 8 nitrogen and oxygen atoms in total. The Hall–Kier alpha value is -3.15. The van der Waals surface area contributed by atoms with Crippen LogP contribution in [0.1, 0.15) is 35.8 Å². The van der Waals surface area contributed by atoms with E-state index in [2.05, 4.69) is 20.9 Å². The number of nitrogens with zero attached hydrogens (tertiary/aromatic N) is 4. The van der Waals surface area contributed by atoms with Crippen LogP contribution < -0.4 is 10.3 Å². The number of H-pyrrole nitrogens is 1. The summed E-state index contributed by atoms with van der Waals surface area (Å²) in [7, 11) is 0. The molecule has 0 radical (unpaired) electrons. The molecule has 2 aliphatic rings. The molecule has 1 N–H and O–H groups in total. The number of ether oxygens (including phenoxy) is 2. The Balaban J connectivity index is 1.25. The van der Waals surface area contributed by atoms with Crippen LogP contribution in [0.2, 0.25) is 0 Å². The first-order valence-corrected chi connectivity index (χ1v) is 10.3. The van der Waals surface area contributed by atoms with E-state index in [-0.39, 0.29) is 11.7 Å². The van der Waals surface area contributed by atoms with Crippen molar-refractivity contribution in [1.82, 2.24) is 19.3 Å². The smallest absolute Gasteiger partial charge is 0.274 e. The van der Waals surface area contributed by atoms with Crippen molar-refractivity contribution in [1.29, 1.82) is 5.26 Å². The van der Waals surface area contributed by atoms with Crippen LogP contribution >= 0.6 is 0 Å². The van der Waals surface area contributed by atoms with Crippen LogP contribution in [0.4, 0.5) is 0 Å². The monoisotopic (exact) mass is 405 g/mol. The first-order chi connectivity index (χ1) is 14.7. The third-order valence-electron chi connectivity index (χ3n) is 5.81. The van der Waals surface area contributed by atoms with E-state index < -0.39 is 0 Å². The molecule has 0 spiro atoms. The highest BCUT2D eigenvalue weighted by molar-refractivity contribution is 5.44. The van der Waals surface area contributed by atoms with E-state index in [4.69, 9.17) is 14.7 Å². The second-order valence-corrected chi connectivity index (χ2v) is 7.94. The molecule has 2 fully saturated rings. The lowest BCUT2D eigenvalue weighted by atomic mass is 10.00. The molecule has 154 valence electrons. The molecular weight excluding hydrogens is 382 g/mol. The van der Waals surface area contributed by atoms with Crippen molar-refractivity contribution in [2.24, 2.45) is 0 Å². The predicted molar refractivity (Wildman–Crippen MR) is 109 cm³/mol. The molecular formula is C22H23N5O3. The Morgan fingerprint density at radius 1 is 1.23 bits per heavy atom. The summed E-state index contributed by atoms with van der Waals surface area (Å²) in [5.74, 6) is 2.05. The number of fused-ring (bicyclic) bond motifs is 1. The number of aromatic nitrogens is 3. The second-order valence-electron chi connectivity index (χ2n) is 7.94. The number of aromatic amines is 1. The summed E-state index contributed by atoms with van der Waals surface area (Å²) >= 11 is 0. The first-order valence-electron chi connectivity index (χ1n) is 10.3. The molecule has 0 aliphatic carbocycles. The van der Waals surface area contributed by atoms with Crippen molar-refractivity contribution in [3.63, 3.8) is 0 Å². The van der Waals surface area contributed by atoms with Gasteiger partial charge in [0.25, 0.3) is 5.56 Å². The summed E-state index contributed by atoms with van der Waals surface area (Å²) in [6.07, 6.45) is 5.64. The summed E-state index contributed by atoms with van der Waals surface area (Å²) in [5.41, 5.74) is 1.97. The lowest BCUT2D eigenvalue weighted by molar-refractivity contribution is 0.0137. The number of imidazole rings is 1. The third kappa shape index (κ3) is 3.70. The van der Waals surface area contributed by atoms with Crippen molar-refractivity contribution >= 4 is 5.52 Å². The molecule has 4 heterocycles. The topological polar surface area (TPSA) is 95.7 Å². The van der Waals surface area contributed by atoms with Crippen molar-refractivity contribution in [3.8, 4) is 11.8 Å². The molecule has 0 atom stereocenters. The standard InChI is InChI=1S/C22H23N5O3/c23-9-15-1-3-18(4-2-15)30-19-13-26(14-19)11-17-12-27-20(22(28)25-17)10-24-21(27)16-5-7-29-8-6-16/h1-4,10,12,16,19H,5-8,11,13-14H2,(H,25,28). The number of hydrogen-bond acceptors (Lipinski definition) is 6. The maximum atomic E-state index is 12.5. The van der Waals surface area contributed by atoms with Crippen LogP contribution in [0.15, 0.2) is 41.5 Å². The number of benzene rings is 1. The van der Waals surface area contributed by atoms with E-state index >= 15 is 0 Å². The molecule has 0 saturated carbocycles. The molecule has 3 aromatic rings. The van der Waals surface area contributed by atoms with Crippen molar-refractivity contribution < 1.29 is 9.47 Å². The molecule has 2 aromatic heterocycles. The minimum absolute atomic E-state index is 0.107. The second kappa shape index (κ2) is 7.94. The van der Waals surface area contributed by atoms with E-state index in [0.29, 0.717) is 23.5 Å². The fourth-order valence-electron chi connectivity index (χ4n) is 4.18. The summed E-state index contributed by atoms with van der Waals surface area (Å²) in [6, 6.07) is 9.26. The van der Waals surface area contributed by atoms with Gasteiger partial charge in [-0.2, -0.15) is 5.26 Å². The van der Waals surface area contributed by atoms with Gasteiger partial charge in [-0.3, -0.25) is 14.1 Å². The average Bonchev–Trinajstić information content (AvgIpc) is 3.18. The van der Waals surface area contributed by atoms with Crippen LogP contribution in [-0.2, 0) is 11.3 Å². The third-order valence-corrected chi connectivity index (χ3v) is 5.81.